The summed E-state index contributed by atoms with van der Waals surface area (Å²) in [6.45, 7) is 1.39. The van der Waals surface area contributed by atoms with E-state index in [0.717, 1.165) is 53.0 Å². The number of hydrazone groups is 1. The van der Waals surface area contributed by atoms with Crippen LogP contribution in [0, 0.1) is 5.92 Å². The Hall–Kier alpha value is -3.99. The van der Waals surface area contributed by atoms with E-state index in [1.165, 1.54) is 16.4 Å². The van der Waals surface area contributed by atoms with Crippen molar-refractivity contribution in [2.45, 2.75) is 30.2 Å². The second-order valence-electron chi connectivity index (χ2n) is 12.3. The molecule has 2 atom stereocenters. The molecular weight excluding hydrogens is 586 g/mol. The number of hydrogen-bond acceptors (Lipinski definition) is 7. The smallest absolute Gasteiger partial charge is 0.274 e. The molecular formula is C35H41N5O4S. The molecule has 3 aliphatic rings. The summed E-state index contributed by atoms with van der Waals surface area (Å²) in [6, 6.07) is 22.8. The molecule has 1 amide bonds. The number of benzene rings is 3. The molecule has 0 radical (unpaired) electrons. The number of allylic oxidation sites excluding steroid dienone is 1. The van der Waals surface area contributed by atoms with Crippen molar-refractivity contribution >= 4 is 39.1 Å². The number of morpholine rings is 1. The third kappa shape index (κ3) is 6.27. The second kappa shape index (κ2) is 12.8. The predicted octanol–water partition coefficient (Wildman–Crippen LogP) is 5.28. The number of ether oxygens (including phenoxy) is 1. The quantitative estimate of drug-likeness (QED) is 0.355. The molecule has 45 heavy (non-hydrogen) atoms. The van der Waals surface area contributed by atoms with E-state index in [9.17, 15) is 13.2 Å². The van der Waals surface area contributed by atoms with Gasteiger partial charge in [0, 0.05) is 64.1 Å². The van der Waals surface area contributed by atoms with Gasteiger partial charge in [-0.25, -0.2) is 13.4 Å². The first-order chi connectivity index (χ1) is 21.6. The van der Waals surface area contributed by atoms with Gasteiger partial charge in [-0.1, -0.05) is 24.3 Å². The molecule has 1 saturated carbocycles. The summed E-state index contributed by atoms with van der Waals surface area (Å²) in [5.41, 5.74) is 6.87. The van der Waals surface area contributed by atoms with Crippen molar-refractivity contribution in [1.29, 1.82) is 0 Å². The van der Waals surface area contributed by atoms with Gasteiger partial charge in [-0.05, 0) is 90.6 Å². The number of amides is 1. The Bertz CT molecular complexity index is 1690. The number of nitrogens with zero attached hydrogens (tertiary/aromatic N) is 5. The summed E-state index contributed by atoms with van der Waals surface area (Å²) in [5, 5.41) is 6.67. The average molecular weight is 628 g/mol. The third-order valence-electron chi connectivity index (χ3n) is 8.92. The normalized spacial score (nSPS) is 21.4. The van der Waals surface area contributed by atoms with Crippen molar-refractivity contribution < 1.29 is 17.9 Å². The fraction of sp³-hybridized carbons (Fsp3) is 0.371. The maximum Gasteiger partial charge on any atom is 0.274 e. The first-order valence-corrected chi connectivity index (χ1v) is 16.9. The molecule has 2 fully saturated rings. The number of sulfonamides is 1. The Morgan fingerprint density at radius 3 is 2.07 bits per heavy atom. The summed E-state index contributed by atoms with van der Waals surface area (Å²) >= 11 is 0. The molecule has 0 aromatic heterocycles. The maximum atomic E-state index is 14.2. The van der Waals surface area contributed by atoms with E-state index in [0.29, 0.717) is 31.9 Å². The van der Waals surface area contributed by atoms with Crippen LogP contribution in [0.2, 0.25) is 0 Å². The van der Waals surface area contributed by atoms with Gasteiger partial charge in [0.2, 0.25) is 10.0 Å². The maximum absolute atomic E-state index is 14.2. The van der Waals surface area contributed by atoms with E-state index in [2.05, 4.69) is 64.4 Å². The zero-order chi connectivity index (χ0) is 31.7. The summed E-state index contributed by atoms with van der Waals surface area (Å²) in [7, 11) is 4.41. The van der Waals surface area contributed by atoms with Crippen LogP contribution in [0.15, 0.2) is 88.4 Å². The van der Waals surface area contributed by atoms with Crippen LogP contribution >= 0.6 is 0 Å². The first kappa shape index (κ1) is 31.0. The van der Waals surface area contributed by atoms with Gasteiger partial charge < -0.3 is 14.5 Å². The van der Waals surface area contributed by atoms with E-state index < -0.39 is 10.0 Å². The van der Waals surface area contributed by atoms with Crippen LogP contribution in [0.25, 0.3) is 6.08 Å². The molecule has 2 heterocycles. The van der Waals surface area contributed by atoms with Gasteiger partial charge in [0.05, 0.1) is 29.9 Å². The lowest BCUT2D eigenvalue weighted by molar-refractivity contribution is 0.0680. The second-order valence-corrected chi connectivity index (χ2v) is 14.2. The molecule has 0 bridgehead atoms. The molecule has 9 nitrogen and oxygen atoms in total. The lowest BCUT2D eigenvalue weighted by atomic mass is 9.77. The van der Waals surface area contributed by atoms with Crippen molar-refractivity contribution in [2.24, 2.45) is 11.0 Å². The summed E-state index contributed by atoms with van der Waals surface area (Å²) in [5.74, 6) is -0.190. The molecule has 0 N–H and O–H groups in total. The number of fused-ring (bicyclic) bond motifs is 1. The van der Waals surface area contributed by atoms with E-state index in [-0.39, 0.29) is 22.8 Å². The lowest BCUT2D eigenvalue weighted by Gasteiger charge is -2.30. The van der Waals surface area contributed by atoms with E-state index in [4.69, 9.17) is 9.84 Å². The van der Waals surface area contributed by atoms with Crippen molar-refractivity contribution in [3.63, 3.8) is 0 Å². The highest BCUT2D eigenvalue weighted by Crippen LogP contribution is 2.45. The van der Waals surface area contributed by atoms with Gasteiger partial charge in [-0.15, -0.1) is 0 Å². The summed E-state index contributed by atoms with van der Waals surface area (Å²) in [4.78, 5) is 18.5. The summed E-state index contributed by atoms with van der Waals surface area (Å²) in [6.07, 6.45) is 5.03. The molecule has 10 heteroatoms. The van der Waals surface area contributed by atoms with E-state index >= 15 is 0 Å². The number of anilines is 2. The highest BCUT2D eigenvalue weighted by atomic mass is 32.2. The van der Waals surface area contributed by atoms with Gasteiger partial charge in [0.25, 0.3) is 5.91 Å². The van der Waals surface area contributed by atoms with Gasteiger partial charge in [-0.2, -0.15) is 9.41 Å². The van der Waals surface area contributed by atoms with Gasteiger partial charge in [-0.3, -0.25) is 4.79 Å². The summed E-state index contributed by atoms with van der Waals surface area (Å²) < 4.78 is 33.1. The number of rotatable bonds is 7. The first-order valence-electron chi connectivity index (χ1n) is 15.5. The zero-order valence-electron chi connectivity index (χ0n) is 26.4. The number of carbonyl (C=O) groups excluding carboxylic acids is 1. The predicted molar refractivity (Wildman–Crippen MR) is 179 cm³/mol. The molecule has 1 saturated heterocycles. The van der Waals surface area contributed by atoms with Crippen molar-refractivity contribution in [3.8, 4) is 0 Å². The Morgan fingerprint density at radius 2 is 1.47 bits per heavy atom. The van der Waals surface area contributed by atoms with Crippen LogP contribution in [0.1, 0.15) is 46.8 Å². The Morgan fingerprint density at radius 1 is 0.867 bits per heavy atom. The Balaban J connectivity index is 1.34. The van der Waals surface area contributed by atoms with E-state index in [1.54, 1.807) is 17.1 Å². The van der Waals surface area contributed by atoms with Crippen LogP contribution in [-0.2, 0) is 14.8 Å². The van der Waals surface area contributed by atoms with Crippen LogP contribution < -0.4 is 9.80 Å². The largest absolute Gasteiger partial charge is 0.379 e. The molecule has 3 aromatic rings. The van der Waals surface area contributed by atoms with Crippen molar-refractivity contribution in [3.05, 3.63) is 95.1 Å². The molecule has 3 aromatic carbocycles. The van der Waals surface area contributed by atoms with Crippen LogP contribution in [0.4, 0.5) is 11.4 Å². The topological polar surface area (TPSA) is 85.8 Å². The molecule has 2 unspecified atom stereocenters. The SMILES string of the molecule is CN(C)c1ccc(/C=C2/CCCC3C2=NN(C(=O)c2ccc(S(=O)(=O)N4CCOCC4)cc2)C3c2ccc(N(C)C)cc2)cc1. The lowest BCUT2D eigenvalue weighted by Crippen LogP contribution is -2.40. The highest BCUT2D eigenvalue weighted by Gasteiger charge is 2.44. The van der Waals surface area contributed by atoms with Gasteiger partial charge >= 0.3 is 0 Å². The van der Waals surface area contributed by atoms with Crippen molar-refractivity contribution in [2.75, 3.05) is 64.3 Å². The van der Waals surface area contributed by atoms with Crippen LogP contribution in [0.3, 0.4) is 0 Å². The van der Waals surface area contributed by atoms with Gasteiger partial charge in [0.1, 0.15) is 0 Å². The average Bonchev–Trinajstić information content (AvgIpc) is 3.46. The van der Waals surface area contributed by atoms with Gasteiger partial charge in [0.15, 0.2) is 0 Å². The van der Waals surface area contributed by atoms with E-state index in [1.807, 2.05) is 28.2 Å². The number of carbonyl (C=O) groups is 1. The fourth-order valence-electron chi connectivity index (χ4n) is 6.38. The minimum atomic E-state index is -3.66. The monoisotopic (exact) mass is 627 g/mol. The van der Waals surface area contributed by atoms with Crippen molar-refractivity contribution in [1.82, 2.24) is 9.31 Å². The third-order valence-corrected chi connectivity index (χ3v) is 10.8. The zero-order valence-corrected chi connectivity index (χ0v) is 27.2. The minimum Gasteiger partial charge on any atom is -0.379 e. The highest BCUT2D eigenvalue weighted by molar-refractivity contribution is 7.89. The van der Waals surface area contributed by atoms with Crippen LogP contribution in [-0.4, -0.2) is 83.8 Å². The van der Waals surface area contributed by atoms with Crippen LogP contribution in [0.5, 0.6) is 0 Å². The minimum absolute atomic E-state index is 0.0566. The molecule has 6 rings (SSSR count). The standard InChI is InChI=1S/C35H41N5O4S/c1-37(2)29-14-8-25(9-15-29)24-28-6-5-7-32-33(28)36-40(34(32)26-10-16-30(17-11-26)38(3)4)35(41)27-12-18-31(19-13-27)45(42,43)39-20-22-44-23-21-39/h8-19,24,32,34H,5-7,20-23H2,1-4H3/b28-24-. The Labute approximate surface area is 266 Å². The fourth-order valence-corrected chi connectivity index (χ4v) is 7.79. The molecule has 236 valence electrons. The molecule has 0 spiro atoms. The Kier molecular flexibility index (Phi) is 8.81. The number of hydrogen-bond donors (Lipinski definition) is 0. The molecule has 1 aliphatic carbocycles. The molecule has 2 aliphatic heterocycles.